The lowest BCUT2D eigenvalue weighted by Gasteiger charge is -2.27. The molecule has 3 aliphatic carbocycles. The number of Topliss-reactive ketones (excluding diaryl/α,β-unsaturated/α-hetero) is 1. The van der Waals surface area contributed by atoms with Crippen LogP contribution in [0.1, 0.15) is 116 Å². The smallest absolute Gasteiger partial charge is 0.296 e. The summed E-state index contributed by atoms with van der Waals surface area (Å²) in [6.45, 7) is 6.62. The van der Waals surface area contributed by atoms with Crippen LogP contribution in [0, 0.1) is 32.6 Å². The Kier molecular flexibility index (Phi) is 19.5. The number of aryl methyl sites for hydroxylation is 3. The fourth-order valence-corrected chi connectivity index (χ4v) is 17.2. The van der Waals surface area contributed by atoms with Gasteiger partial charge in [-0.15, -0.1) is 0 Å². The lowest BCUT2D eigenvalue weighted by molar-refractivity contribution is -0.124. The Morgan fingerprint density at radius 2 is 0.820 bits per heavy atom. The first-order chi connectivity index (χ1) is 54.1. The fourth-order valence-electron chi connectivity index (χ4n) is 16.2. The van der Waals surface area contributed by atoms with Crippen molar-refractivity contribution in [2.24, 2.45) is 11.8 Å². The van der Waals surface area contributed by atoms with E-state index in [2.05, 4.69) is 135 Å². The summed E-state index contributed by atoms with van der Waals surface area (Å²) in [6, 6.07) is 64.5. The Hall–Kier alpha value is -12.4. The van der Waals surface area contributed by atoms with Crippen molar-refractivity contribution >= 4 is 82.6 Å². The van der Waals surface area contributed by atoms with E-state index >= 15 is 0 Å². The zero-order valence-corrected chi connectivity index (χ0v) is 62.7. The highest BCUT2D eigenvalue weighted by molar-refractivity contribution is 7.86. The maximum atomic E-state index is 12.7. The van der Waals surface area contributed by atoms with Crippen molar-refractivity contribution in [2.75, 3.05) is 30.4 Å². The number of aromatic nitrogens is 12. The van der Waals surface area contributed by atoms with Gasteiger partial charge >= 0.3 is 0 Å². The molecule has 7 aromatic carbocycles. The molecule has 9 aromatic heterocycles. The van der Waals surface area contributed by atoms with Crippen LogP contribution >= 0.6 is 0 Å². The molecule has 16 aromatic rings. The normalized spacial score (nSPS) is 16.7. The third kappa shape index (κ3) is 14.3. The predicted octanol–water partition coefficient (Wildman–Crippen LogP) is 17.9. The summed E-state index contributed by atoms with van der Waals surface area (Å²) in [6.07, 6.45) is 19.5. The Morgan fingerprint density at radius 3 is 1.26 bits per heavy atom. The summed E-state index contributed by atoms with van der Waals surface area (Å²) in [4.78, 5) is 55.0. The number of nitrogens with zero attached hydrogens (tertiary/aromatic N) is 12. The molecule has 0 amide bonds. The summed E-state index contributed by atoms with van der Waals surface area (Å²) in [5, 5.41) is 12.8. The molecule has 0 unspecified atom stereocenters. The standard InChI is InChI=1S/C36H35N5O3S.C29H29N5O.C25H19N5O/c1-23-8-15-29(16-9-23)45(42,43)44-22-25-10-12-27(13-11-25)36-40-33(34-35(37)38-18-19-41(34)36)28-14-17-30-24(2)20-31(39-32(30)21-28)26-6-4-3-5-7-26;1-18-15-24(20-5-3-2-4-6-20)32-25-16-22(11-12-23(18)25)26-27-28(30)31-13-14-34(27)29(33-26)21-9-7-19(17-35)8-10-21;26-24-23-22(29-25(18-12-19(31)13-18)30(23)11-10-27-24)17-7-6-16-8-9-20(28-21(16)14-17)15-4-2-1-3-5-15/h3-9,14-21,25,27H,10-13,22H2,1-2H3,(H2,37,38);2-6,11-16,19,21,35H,7-10,17H2,1H3,(H2,30,31);1-11,14,18H,12-13H2,(H2,26,27). The van der Waals surface area contributed by atoms with Gasteiger partial charge in [-0.3, -0.25) is 22.2 Å². The molecule has 9 heterocycles. The van der Waals surface area contributed by atoms with Gasteiger partial charge in [0.05, 0.1) is 45.1 Å². The van der Waals surface area contributed by atoms with E-state index in [1.54, 1.807) is 42.9 Å². The fraction of sp³-hybridized carbons (Fsp3) is 0.222. The number of carbonyl (C=O) groups excluding carboxylic acids is 1. The molecule has 111 heavy (non-hydrogen) atoms. The molecule has 3 saturated carbocycles. The van der Waals surface area contributed by atoms with Gasteiger partial charge in [0, 0.05) is 124 Å². The Morgan fingerprint density at radius 1 is 0.423 bits per heavy atom. The molecule has 0 atom stereocenters. The second kappa shape index (κ2) is 30.2. The number of rotatable bonds is 14. The molecule has 21 heteroatoms. The summed E-state index contributed by atoms with van der Waals surface area (Å²) in [7, 11) is -3.78. The van der Waals surface area contributed by atoms with E-state index in [4.69, 9.17) is 51.3 Å². The van der Waals surface area contributed by atoms with E-state index < -0.39 is 10.1 Å². The molecule has 0 spiro atoms. The topological polar surface area (TPSA) is 288 Å². The van der Waals surface area contributed by atoms with Crippen LogP contribution in [0.3, 0.4) is 0 Å². The monoisotopic (exact) mass is 1490 g/mol. The van der Waals surface area contributed by atoms with Crippen molar-refractivity contribution in [1.29, 1.82) is 0 Å². The zero-order chi connectivity index (χ0) is 76.0. The molecule has 3 fully saturated rings. The van der Waals surface area contributed by atoms with Crippen molar-refractivity contribution in [3.05, 3.63) is 265 Å². The minimum Gasteiger partial charge on any atom is -0.396 e. The first-order valence-corrected chi connectivity index (χ1v) is 39.3. The molecular weight excluding hydrogens is 1400 g/mol. The van der Waals surface area contributed by atoms with Gasteiger partial charge in [-0.25, -0.2) is 44.9 Å². The number of pyridine rings is 3. The molecule has 20 nitrogen and oxygen atoms in total. The molecule has 19 rings (SSSR count). The number of imidazole rings is 3. The maximum absolute atomic E-state index is 12.7. The predicted molar refractivity (Wildman–Crippen MR) is 438 cm³/mol. The van der Waals surface area contributed by atoms with Crippen molar-refractivity contribution in [2.45, 2.75) is 108 Å². The SMILES string of the molecule is Cc1cc(-c2ccccc2)nc2cc(-c3nc(C4CCC(CO)CC4)n4ccnc(N)c34)ccc12.Cc1ccc(S(=O)(=O)OCC2CCC(c3nc(-c4ccc5c(C)cc(-c6ccccc6)nc5c4)c4c(N)nccn34)CC2)cc1.Nc1nccn2c(C3CC(=O)C3)nc(-c3ccc4ccc(-c5ccccc5)nc4c3)c12. The van der Waals surface area contributed by atoms with Gasteiger partial charge < -0.3 is 22.3 Å². The molecule has 7 N–H and O–H groups in total. The van der Waals surface area contributed by atoms with Crippen molar-refractivity contribution in [3.63, 3.8) is 0 Å². The van der Waals surface area contributed by atoms with E-state index in [0.29, 0.717) is 42.1 Å². The van der Waals surface area contributed by atoms with Crippen LogP contribution in [0.4, 0.5) is 17.5 Å². The number of nitrogens with two attached hydrogens (primary N) is 3. The van der Waals surface area contributed by atoms with Crippen LogP contribution in [0.2, 0.25) is 0 Å². The van der Waals surface area contributed by atoms with Gasteiger partial charge in [0.25, 0.3) is 10.1 Å². The number of carbonyl (C=O) groups is 1. The van der Waals surface area contributed by atoms with E-state index in [0.717, 1.165) is 197 Å². The van der Waals surface area contributed by atoms with Crippen molar-refractivity contribution in [1.82, 2.24) is 58.1 Å². The minimum atomic E-state index is -3.78. The minimum absolute atomic E-state index is 0.124. The van der Waals surface area contributed by atoms with Gasteiger partial charge in [-0.1, -0.05) is 151 Å². The first kappa shape index (κ1) is 71.5. The van der Waals surface area contributed by atoms with E-state index in [-0.39, 0.29) is 41.6 Å². The average Bonchev–Trinajstić information content (AvgIpc) is 1.62. The third-order valence-electron chi connectivity index (χ3n) is 22.3. The van der Waals surface area contributed by atoms with Gasteiger partial charge in [-0.2, -0.15) is 8.42 Å². The lowest BCUT2D eigenvalue weighted by Crippen LogP contribution is -2.23. The number of benzene rings is 7. The number of aliphatic hydroxyl groups excluding tert-OH is 1. The van der Waals surface area contributed by atoms with Crippen LogP contribution in [-0.4, -0.2) is 90.6 Å². The highest BCUT2D eigenvalue weighted by atomic mass is 32.2. The van der Waals surface area contributed by atoms with Crippen molar-refractivity contribution in [3.8, 4) is 67.5 Å². The van der Waals surface area contributed by atoms with Crippen molar-refractivity contribution < 1.29 is 22.5 Å². The summed E-state index contributed by atoms with van der Waals surface area (Å²) < 4.78 is 37.1. The summed E-state index contributed by atoms with van der Waals surface area (Å²) in [5.41, 5.74) is 39.0. The molecule has 0 aliphatic heterocycles. The average molecular weight is 1490 g/mol. The van der Waals surface area contributed by atoms with Gasteiger partial charge in [0.15, 0.2) is 0 Å². The number of ketones is 1. The van der Waals surface area contributed by atoms with Gasteiger partial charge in [0.2, 0.25) is 0 Å². The number of hydrogen-bond donors (Lipinski definition) is 4. The number of nitrogen functional groups attached to an aromatic ring is 3. The zero-order valence-electron chi connectivity index (χ0n) is 61.9. The third-order valence-corrected chi connectivity index (χ3v) is 23.6. The van der Waals surface area contributed by atoms with Crippen LogP contribution in [-0.2, 0) is 19.1 Å². The van der Waals surface area contributed by atoms with Gasteiger partial charge in [0.1, 0.15) is 74.3 Å². The first-order valence-electron chi connectivity index (χ1n) is 37.9. The summed E-state index contributed by atoms with van der Waals surface area (Å²) in [5.74, 6) is 5.67. The Bertz CT molecular complexity index is 6310. The quantitative estimate of drug-likeness (QED) is 0.0736. The van der Waals surface area contributed by atoms with Crippen LogP contribution < -0.4 is 17.2 Å². The van der Waals surface area contributed by atoms with Gasteiger partial charge in [-0.05, 0) is 144 Å². The molecular formula is C90H83N15O5S. The molecule has 3 aliphatic rings. The summed E-state index contributed by atoms with van der Waals surface area (Å²) >= 11 is 0. The maximum Gasteiger partial charge on any atom is 0.296 e. The largest absolute Gasteiger partial charge is 0.396 e. The highest BCUT2D eigenvalue weighted by Crippen LogP contribution is 2.44. The van der Waals surface area contributed by atoms with E-state index in [1.807, 2.05) is 103 Å². The highest BCUT2D eigenvalue weighted by Gasteiger charge is 2.34. The molecule has 554 valence electrons. The number of fused-ring (bicyclic) bond motifs is 6. The van der Waals surface area contributed by atoms with Crippen LogP contribution in [0.25, 0.3) is 117 Å². The Balaban J connectivity index is 0.000000123. The number of hydrogen-bond acceptors (Lipinski definition) is 17. The Labute approximate surface area is 642 Å². The van der Waals surface area contributed by atoms with E-state index in [1.165, 1.54) is 5.56 Å². The molecule has 0 bridgehead atoms. The molecule has 0 radical (unpaired) electrons. The molecule has 0 saturated heterocycles. The van der Waals surface area contributed by atoms with Crippen LogP contribution in [0.15, 0.2) is 236 Å². The second-order valence-electron chi connectivity index (χ2n) is 29.7. The number of aliphatic hydroxyl groups is 1. The lowest BCUT2D eigenvalue weighted by atomic mass is 9.82. The van der Waals surface area contributed by atoms with E-state index in [9.17, 15) is 18.3 Å². The number of anilines is 3. The van der Waals surface area contributed by atoms with Crippen LogP contribution in [0.5, 0.6) is 0 Å². The second-order valence-corrected chi connectivity index (χ2v) is 31.3.